The highest BCUT2D eigenvalue weighted by atomic mass is 16.6. The lowest BCUT2D eigenvalue weighted by Crippen LogP contribution is -2.48. The number of hydrogen-bond acceptors (Lipinski definition) is 4. The summed E-state index contributed by atoms with van der Waals surface area (Å²) < 4.78 is 5.32. The van der Waals surface area contributed by atoms with Crippen LogP contribution in [0.4, 0.5) is 4.79 Å². The quantitative estimate of drug-likeness (QED) is 0.274. The molecule has 0 heterocycles. The summed E-state index contributed by atoms with van der Waals surface area (Å²) in [5.74, 6) is -0.565. The molecule has 39 heavy (non-hydrogen) atoms. The van der Waals surface area contributed by atoms with Crippen molar-refractivity contribution in [3.63, 3.8) is 0 Å². The van der Waals surface area contributed by atoms with Crippen molar-refractivity contribution in [2.45, 2.75) is 98.3 Å². The molecule has 214 valence electrons. The highest BCUT2D eigenvalue weighted by Gasteiger charge is 2.33. The average Bonchev–Trinajstić information content (AvgIpc) is 2.88. The van der Waals surface area contributed by atoms with Crippen LogP contribution in [0.25, 0.3) is 0 Å². The average molecular weight is 538 g/mol. The lowest BCUT2D eigenvalue weighted by atomic mass is 9.93. The molecule has 2 aromatic rings. The van der Waals surface area contributed by atoms with Gasteiger partial charge in [0.15, 0.2) is 0 Å². The summed E-state index contributed by atoms with van der Waals surface area (Å²) in [6.45, 7) is 11.9. The van der Waals surface area contributed by atoms with Crippen LogP contribution in [-0.4, -0.2) is 41.5 Å². The van der Waals surface area contributed by atoms with Crippen molar-refractivity contribution in [1.82, 2.24) is 15.5 Å². The molecular formula is C32H47N3O4. The fraction of sp³-hybridized carbons (Fsp3) is 0.531. The molecule has 1 unspecified atom stereocenters. The molecule has 0 bridgehead atoms. The Balaban J connectivity index is 2.33. The summed E-state index contributed by atoms with van der Waals surface area (Å²) in [7, 11) is 0. The zero-order valence-corrected chi connectivity index (χ0v) is 24.6. The maximum Gasteiger partial charge on any atom is 0.408 e. The van der Waals surface area contributed by atoms with E-state index in [1.807, 2.05) is 62.4 Å². The monoisotopic (exact) mass is 537 g/mol. The Morgan fingerprint density at radius 3 is 2.08 bits per heavy atom. The van der Waals surface area contributed by atoms with Crippen LogP contribution in [0.15, 0.2) is 48.5 Å². The molecule has 2 N–H and O–H groups in total. The van der Waals surface area contributed by atoms with Crippen LogP contribution in [0, 0.1) is 13.8 Å². The Kier molecular flexibility index (Phi) is 13.0. The predicted octanol–water partition coefficient (Wildman–Crippen LogP) is 6.37. The van der Waals surface area contributed by atoms with Gasteiger partial charge in [0.1, 0.15) is 18.2 Å². The van der Waals surface area contributed by atoms with Gasteiger partial charge >= 0.3 is 6.09 Å². The van der Waals surface area contributed by atoms with Crippen molar-refractivity contribution in [1.29, 1.82) is 0 Å². The van der Waals surface area contributed by atoms with Gasteiger partial charge in [0.05, 0.1) is 0 Å². The second kappa shape index (κ2) is 15.9. The van der Waals surface area contributed by atoms with Gasteiger partial charge in [-0.05, 0) is 63.3 Å². The number of nitrogens with one attached hydrogen (secondary N) is 2. The summed E-state index contributed by atoms with van der Waals surface area (Å²) in [5, 5.41) is 5.64. The van der Waals surface area contributed by atoms with E-state index < -0.39 is 17.7 Å². The molecule has 2 aromatic carbocycles. The number of aryl methyl sites for hydroxylation is 2. The molecule has 0 spiro atoms. The van der Waals surface area contributed by atoms with Crippen LogP contribution >= 0.6 is 0 Å². The van der Waals surface area contributed by atoms with Crippen molar-refractivity contribution >= 4 is 17.9 Å². The molecule has 7 heteroatoms. The molecule has 0 aliphatic carbocycles. The van der Waals surface area contributed by atoms with E-state index in [-0.39, 0.29) is 18.4 Å². The van der Waals surface area contributed by atoms with Crippen molar-refractivity contribution in [3.8, 4) is 0 Å². The molecule has 3 amide bonds. The minimum absolute atomic E-state index is 0.243. The molecule has 0 aliphatic heterocycles. The van der Waals surface area contributed by atoms with Crippen molar-refractivity contribution in [3.05, 3.63) is 70.8 Å². The Morgan fingerprint density at radius 1 is 0.846 bits per heavy atom. The number of rotatable bonds is 14. The minimum atomic E-state index is -0.821. The third-order valence-electron chi connectivity index (χ3n) is 6.54. The first-order chi connectivity index (χ1) is 18.5. The van der Waals surface area contributed by atoms with Crippen LogP contribution in [0.1, 0.15) is 94.5 Å². The lowest BCUT2D eigenvalue weighted by Gasteiger charge is -2.33. The number of ether oxygens (including phenoxy) is 1. The number of hydrogen-bond donors (Lipinski definition) is 2. The normalized spacial score (nSPS) is 11.9. The van der Waals surface area contributed by atoms with Crippen molar-refractivity contribution in [2.75, 3.05) is 13.1 Å². The van der Waals surface area contributed by atoms with Gasteiger partial charge in [-0.15, -0.1) is 0 Å². The number of unbranched alkanes of at least 4 members (excludes halogenated alkanes) is 5. The van der Waals surface area contributed by atoms with Gasteiger partial charge in [-0.2, -0.15) is 0 Å². The number of alkyl carbamates (subject to hydrolysis) is 1. The van der Waals surface area contributed by atoms with Crippen LogP contribution in [0.5, 0.6) is 0 Å². The van der Waals surface area contributed by atoms with E-state index in [4.69, 9.17) is 4.74 Å². The first-order valence-electron chi connectivity index (χ1n) is 14.2. The van der Waals surface area contributed by atoms with Gasteiger partial charge in [-0.1, -0.05) is 87.6 Å². The van der Waals surface area contributed by atoms with Gasteiger partial charge in [-0.25, -0.2) is 4.79 Å². The van der Waals surface area contributed by atoms with Gasteiger partial charge < -0.3 is 20.3 Å². The summed E-state index contributed by atoms with van der Waals surface area (Å²) in [6.07, 6.45) is 5.67. The smallest absolute Gasteiger partial charge is 0.408 e. The largest absolute Gasteiger partial charge is 0.444 e. The maximum absolute atomic E-state index is 13.9. The van der Waals surface area contributed by atoms with E-state index >= 15 is 0 Å². The fourth-order valence-electron chi connectivity index (χ4n) is 4.59. The molecule has 0 radical (unpaired) electrons. The van der Waals surface area contributed by atoms with Crippen LogP contribution in [0.3, 0.4) is 0 Å². The summed E-state index contributed by atoms with van der Waals surface area (Å²) in [5.41, 5.74) is 3.00. The molecule has 0 saturated heterocycles. The summed E-state index contributed by atoms with van der Waals surface area (Å²) in [4.78, 5) is 41.5. The molecule has 0 saturated carbocycles. The Hall–Kier alpha value is -3.35. The summed E-state index contributed by atoms with van der Waals surface area (Å²) in [6, 6.07) is 14.8. The van der Waals surface area contributed by atoms with Crippen LogP contribution < -0.4 is 10.6 Å². The first-order valence-corrected chi connectivity index (χ1v) is 14.2. The van der Waals surface area contributed by atoms with Crippen molar-refractivity contribution in [2.24, 2.45) is 0 Å². The van der Waals surface area contributed by atoms with E-state index in [1.54, 1.807) is 25.7 Å². The summed E-state index contributed by atoms with van der Waals surface area (Å²) >= 11 is 0. The van der Waals surface area contributed by atoms with E-state index in [9.17, 15) is 14.4 Å². The molecular weight excluding hydrogens is 490 g/mol. The highest BCUT2D eigenvalue weighted by Crippen LogP contribution is 2.29. The van der Waals surface area contributed by atoms with Crippen LogP contribution in [-0.2, 0) is 20.9 Å². The Labute approximate surface area is 234 Å². The van der Waals surface area contributed by atoms with Gasteiger partial charge in [0.2, 0.25) is 11.8 Å². The lowest BCUT2D eigenvalue weighted by molar-refractivity contribution is -0.140. The van der Waals surface area contributed by atoms with Gasteiger partial charge in [0, 0.05) is 13.1 Å². The Morgan fingerprint density at radius 2 is 1.46 bits per heavy atom. The molecule has 2 rings (SSSR count). The third kappa shape index (κ3) is 11.1. The molecule has 0 aliphatic rings. The van der Waals surface area contributed by atoms with Gasteiger partial charge in [-0.3, -0.25) is 9.59 Å². The second-order valence-corrected chi connectivity index (χ2v) is 11.1. The van der Waals surface area contributed by atoms with Gasteiger partial charge in [0.25, 0.3) is 0 Å². The van der Waals surface area contributed by atoms with Crippen LogP contribution in [0.2, 0.25) is 0 Å². The molecule has 0 aromatic heterocycles. The Bertz CT molecular complexity index is 1040. The molecule has 1 atom stereocenters. The maximum atomic E-state index is 13.9. The minimum Gasteiger partial charge on any atom is -0.444 e. The standard InChI is InChI=1S/C32H47N3O4/c1-7-8-9-10-11-15-21-35(27(36)23-34-31(38)39-32(4,5)6)29(28-24(2)17-16-18-25(28)3)30(37)33-22-26-19-13-12-14-20-26/h12-14,16-20,29H,7-11,15,21-23H2,1-6H3,(H,33,37)(H,34,38). The SMILES string of the molecule is CCCCCCCCN(C(=O)CNC(=O)OC(C)(C)C)C(C(=O)NCc1ccccc1)c1c(C)cccc1C. The number of amides is 3. The number of nitrogens with zero attached hydrogens (tertiary/aromatic N) is 1. The topological polar surface area (TPSA) is 87.7 Å². The zero-order valence-electron chi connectivity index (χ0n) is 24.6. The number of benzene rings is 2. The van der Waals surface area contributed by atoms with Crippen molar-refractivity contribution < 1.29 is 19.1 Å². The van der Waals surface area contributed by atoms with E-state index in [2.05, 4.69) is 17.6 Å². The van der Waals surface area contributed by atoms with E-state index in [1.165, 1.54) is 6.42 Å². The zero-order chi connectivity index (χ0) is 28.8. The first kappa shape index (κ1) is 31.9. The number of carbonyl (C=O) groups is 3. The fourth-order valence-corrected chi connectivity index (χ4v) is 4.59. The number of carbonyl (C=O) groups excluding carboxylic acids is 3. The molecule has 7 nitrogen and oxygen atoms in total. The van der Waals surface area contributed by atoms with E-state index in [0.717, 1.165) is 54.4 Å². The highest BCUT2D eigenvalue weighted by molar-refractivity contribution is 5.91. The third-order valence-corrected chi connectivity index (χ3v) is 6.54. The second-order valence-electron chi connectivity index (χ2n) is 11.1. The molecule has 0 fully saturated rings. The predicted molar refractivity (Wildman–Crippen MR) is 156 cm³/mol. The van der Waals surface area contributed by atoms with E-state index in [0.29, 0.717) is 13.1 Å².